The molecule has 2 nitrogen and oxygen atoms in total. The van der Waals surface area contributed by atoms with Crippen LogP contribution in [0.25, 0.3) is 0 Å². The summed E-state index contributed by atoms with van der Waals surface area (Å²) in [5, 5.41) is 8.92. The van der Waals surface area contributed by atoms with Gasteiger partial charge in [0.25, 0.3) is 0 Å². The fourth-order valence-electron chi connectivity index (χ4n) is 2.92. The number of hydrogen-bond donors (Lipinski definition) is 0. The van der Waals surface area contributed by atoms with Gasteiger partial charge in [0.05, 0.1) is 5.56 Å². The molecule has 21 heavy (non-hydrogen) atoms. The molecule has 0 N–H and O–H groups in total. The van der Waals surface area contributed by atoms with Gasteiger partial charge in [0.2, 0.25) is 0 Å². The lowest BCUT2D eigenvalue weighted by atomic mass is 10.0. The van der Waals surface area contributed by atoms with Crippen LogP contribution in [0, 0.1) is 17.1 Å². The summed E-state index contributed by atoms with van der Waals surface area (Å²) >= 11 is 0. The minimum Gasteiger partial charge on any atom is -0.295 e. The third kappa shape index (κ3) is 3.12. The molecule has 0 amide bonds. The Kier molecular flexibility index (Phi) is 3.98. The summed E-state index contributed by atoms with van der Waals surface area (Å²) in [5.74, 6) is -0.442. The summed E-state index contributed by atoms with van der Waals surface area (Å²) in [6.07, 6.45) is 2.24. The first-order valence-electron chi connectivity index (χ1n) is 7.24. The van der Waals surface area contributed by atoms with Crippen molar-refractivity contribution in [2.24, 2.45) is 0 Å². The van der Waals surface area contributed by atoms with Gasteiger partial charge < -0.3 is 0 Å². The number of nitriles is 1. The first-order chi connectivity index (χ1) is 10.3. The third-order valence-electron chi connectivity index (χ3n) is 3.99. The van der Waals surface area contributed by atoms with Gasteiger partial charge in [0.1, 0.15) is 11.9 Å². The van der Waals surface area contributed by atoms with E-state index in [1.165, 1.54) is 17.2 Å². The average Bonchev–Trinajstić information content (AvgIpc) is 2.70. The highest BCUT2D eigenvalue weighted by atomic mass is 19.1. The summed E-state index contributed by atoms with van der Waals surface area (Å²) in [6.45, 7) is 2.69. The number of halogens is 1. The standard InChI is InChI=1S/C18H17FN2/c19-18-8-7-14(10-17(18)11-20)12-21-9-3-6-15-4-1-2-5-16(15)13-21/h1-2,4-5,7-8,10H,3,6,9,12-13H2. The van der Waals surface area contributed by atoms with Crippen molar-refractivity contribution in [3.8, 4) is 6.07 Å². The van der Waals surface area contributed by atoms with Gasteiger partial charge in [-0.25, -0.2) is 4.39 Å². The van der Waals surface area contributed by atoms with Crippen LogP contribution in [0.4, 0.5) is 4.39 Å². The topological polar surface area (TPSA) is 27.0 Å². The zero-order valence-electron chi connectivity index (χ0n) is 11.8. The molecule has 0 unspecified atom stereocenters. The summed E-state index contributed by atoms with van der Waals surface area (Å²) in [4.78, 5) is 2.36. The van der Waals surface area contributed by atoms with Crippen molar-refractivity contribution in [2.75, 3.05) is 6.54 Å². The largest absolute Gasteiger partial charge is 0.295 e. The van der Waals surface area contributed by atoms with E-state index < -0.39 is 5.82 Å². The molecule has 0 radical (unpaired) electrons. The molecule has 0 aliphatic carbocycles. The molecule has 0 spiro atoms. The minimum atomic E-state index is -0.442. The van der Waals surface area contributed by atoms with E-state index in [4.69, 9.17) is 5.26 Å². The fraction of sp³-hybridized carbons (Fsp3) is 0.278. The number of hydrogen-bond acceptors (Lipinski definition) is 2. The Balaban J connectivity index is 1.78. The molecular weight excluding hydrogens is 263 g/mol. The molecule has 0 saturated heterocycles. The molecule has 0 aromatic heterocycles. The Labute approximate surface area is 124 Å². The van der Waals surface area contributed by atoms with Gasteiger partial charge in [0.15, 0.2) is 0 Å². The second-order valence-electron chi connectivity index (χ2n) is 5.51. The SMILES string of the molecule is N#Cc1cc(CN2CCCc3ccccc3C2)ccc1F. The maximum absolute atomic E-state index is 13.4. The van der Waals surface area contributed by atoms with Crippen LogP contribution in [0.5, 0.6) is 0 Å². The molecule has 0 atom stereocenters. The van der Waals surface area contributed by atoms with Crippen molar-refractivity contribution in [1.29, 1.82) is 5.26 Å². The molecule has 1 aliphatic rings. The Morgan fingerprint density at radius 1 is 1.14 bits per heavy atom. The molecule has 2 aromatic rings. The van der Waals surface area contributed by atoms with Crippen molar-refractivity contribution in [1.82, 2.24) is 4.90 Å². The van der Waals surface area contributed by atoms with Crippen LogP contribution in [0.3, 0.4) is 0 Å². The van der Waals surface area contributed by atoms with Crippen LogP contribution in [0.15, 0.2) is 42.5 Å². The van der Waals surface area contributed by atoms with Gasteiger partial charge >= 0.3 is 0 Å². The van der Waals surface area contributed by atoms with Gasteiger partial charge in [-0.1, -0.05) is 30.3 Å². The lowest BCUT2D eigenvalue weighted by Gasteiger charge is -2.20. The number of rotatable bonds is 2. The Morgan fingerprint density at radius 3 is 2.76 bits per heavy atom. The number of aryl methyl sites for hydroxylation is 1. The second kappa shape index (κ2) is 6.07. The quantitative estimate of drug-likeness (QED) is 0.839. The molecule has 1 heterocycles. The Morgan fingerprint density at radius 2 is 1.95 bits per heavy atom. The molecule has 0 fully saturated rings. The maximum atomic E-state index is 13.4. The minimum absolute atomic E-state index is 0.128. The molecule has 3 rings (SSSR count). The van der Waals surface area contributed by atoms with Gasteiger partial charge in [-0.3, -0.25) is 4.90 Å². The summed E-state index contributed by atoms with van der Waals surface area (Å²) in [5.41, 5.74) is 3.92. The zero-order chi connectivity index (χ0) is 14.7. The third-order valence-corrected chi connectivity index (χ3v) is 3.99. The summed E-state index contributed by atoms with van der Waals surface area (Å²) < 4.78 is 13.4. The van der Waals surface area contributed by atoms with E-state index in [0.29, 0.717) is 0 Å². The smallest absolute Gasteiger partial charge is 0.140 e. The lowest BCUT2D eigenvalue weighted by Crippen LogP contribution is -2.22. The van der Waals surface area contributed by atoms with Gasteiger partial charge in [-0.15, -0.1) is 0 Å². The van der Waals surface area contributed by atoms with E-state index in [9.17, 15) is 4.39 Å². The molecule has 1 aliphatic heterocycles. The van der Waals surface area contributed by atoms with Crippen LogP contribution in [0.2, 0.25) is 0 Å². The number of fused-ring (bicyclic) bond motifs is 1. The molecule has 2 aromatic carbocycles. The van der Waals surface area contributed by atoms with E-state index in [2.05, 4.69) is 29.2 Å². The van der Waals surface area contributed by atoms with E-state index in [1.807, 2.05) is 6.07 Å². The van der Waals surface area contributed by atoms with Crippen molar-refractivity contribution >= 4 is 0 Å². The van der Waals surface area contributed by atoms with Crippen molar-refractivity contribution in [3.05, 3.63) is 70.5 Å². The predicted octanol–water partition coefficient (Wildman–Crippen LogP) is 3.65. The number of benzene rings is 2. The Bertz CT molecular complexity index is 688. The highest BCUT2D eigenvalue weighted by Gasteiger charge is 2.14. The van der Waals surface area contributed by atoms with Crippen LogP contribution in [-0.4, -0.2) is 11.4 Å². The van der Waals surface area contributed by atoms with Crippen LogP contribution < -0.4 is 0 Å². The van der Waals surface area contributed by atoms with Gasteiger partial charge in [-0.05, 0) is 48.2 Å². The van der Waals surface area contributed by atoms with Gasteiger partial charge in [0, 0.05) is 13.1 Å². The molecular formula is C18H17FN2. The maximum Gasteiger partial charge on any atom is 0.140 e. The van der Waals surface area contributed by atoms with Crippen molar-refractivity contribution < 1.29 is 4.39 Å². The summed E-state index contributed by atoms with van der Waals surface area (Å²) in [6, 6.07) is 15.3. The second-order valence-corrected chi connectivity index (χ2v) is 5.51. The van der Waals surface area contributed by atoms with Crippen LogP contribution >= 0.6 is 0 Å². The first kappa shape index (κ1) is 13.8. The fourth-order valence-corrected chi connectivity index (χ4v) is 2.92. The Hall–Kier alpha value is -2.18. The molecule has 0 bridgehead atoms. The average molecular weight is 280 g/mol. The van der Waals surface area contributed by atoms with E-state index >= 15 is 0 Å². The normalized spacial score (nSPS) is 15.0. The number of nitrogens with zero attached hydrogens (tertiary/aromatic N) is 2. The van der Waals surface area contributed by atoms with Crippen molar-refractivity contribution in [2.45, 2.75) is 25.9 Å². The zero-order valence-corrected chi connectivity index (χ0v) is 11.8. The summed E-state index contributed by atoms with van der Waals surface area (Å²) in [7, 11) is 0. The predicted molar refractivity (Wildman–Crippen MR) is 80.0 cm³/mol. The highest BCUT2D eigenvalue weighted by Crippen LogP contribution is 2.20. The van der Waals surface area contributed by atoms with Crippen LogP contribution in [0.1, 0.15) is 28.7 Å². The molecule has 3 heteroatoms. The lowest BCUT2D eigenvalue weighted by molar-refractivity contribution is 0.261. The van der Waals surface area contributed by atoms with Crippen LogP contribution in [-0.2, 0) is 19.5 Å². The first-order valence-corrected chi connectivity index (χ1v) is 7.24. The van der Waals surface area contributed by atoms with Gasteiger partial charge in [-0.2, -0.15) is 5.26 Å². The highest BCUT2D eigenvalue weighted by molar-refractivity contribution is 5.34. The monoisotopic (exact) mass is 280 g/mol. The van der Waals surface area contributed by atoms with E-state index in [0.717, 1.165) is 38.0 Å². The van der Waals surface area contributed by atoms with Crippen molar-refractivity contribution in [3.63, 3.8) is 0 Å². The van der Waals surface area contributed by atoms with E-state index in [1.54, 1.807) is 12.1 Å². The molecule has 0 saturated carbocycles. The van der Waals surface area contributed by atoms with E-state index in [-0.39, 0.29) is 5.56 Å². The molecule has 106 valence electrons.